The van der Waals surface area contributed by atoms with Crippen molar-refractivity contribution in [1.29, 1.82) is 0 Å². The molecular formula is C15H26N2. The third-order valence-corrected chi connectivity index (χ3v) is 2.94. The molecule has 0 saturated carbocycles. The second-order valence-electron chi connectivity index (χ2n) is 5.44. The molecule has 1 N–H and O–H groups in total. The van der Waals surface area contributed by atoms with Gasteiger partial charge in [-0.05, 0) is 38.1 Å². The maximum atomic E-state index is 3.54. The highest BCUT2D eigenvalue weighted by Gasteiger charge is 2.03. The molecule has 0 fully saturated rings. The van der Waals surface area contributed by atoms with Gasteiger partial charge >= 0.3 is 0 Å². The Kier molecular flexibility index (Phi) is 5.66. The van der Waals surface area contributed by atoms with Crippen molar-refractivity contribution in [3.05, 3.63) is 35.4 Å². The van der Waals surface area contributed by atoms with E-state index in [0.717, 1.165) is 13.1 Å². The molecule has 0 spiro atoms. The van der Waals surface area contributed by atoms with Gasteiger partial charge in [-0.3, -0.25) is 0 Å². The molecular weight excluding hydrogens is 208 g/mol. The Morgan fingerprint density at radius 3 is 2.12 bits per heavy atom. The molecule has 17 heavy (non-hydrogen) atoms. The largest absolute Gasteiger partial charge is 0.309 e. The number of rotatable bonds is 6. The Labute approximate surface area is 106 Å². The first kappa shape index (κ1) is 14.2. The topological polar surface area (TPSA) is 15.3 Å². The molecule has 2 heteroatoms. The fraction of sp³-hybridized carbons (Fsp3) is 0.600. The standard InChI is InChI=1S/C15H26N2/c1-12(2)15-8-6-14(7-9-15)10-16-13(3)11-17(4)5/h6-9,12-13,16H,10-11H2,1-5H3. The minimum absolute atomic E-state index is 0.523. The first-order valence-electron chi connectivity index (χ1n) is 6.46. The van der Waals surface area contributed by atoms with Gasteiger partial charge in [0.25, 0.3) is 0 Å². The van der Waals surface area contributed by atoms with E-state index in [4.69, 9.17) is 0 Å². The number of likely N-dealkylation sites (N-methyl/N-ethyl adjacent to an activating group) is 1. The average molecular weight is 234 g/mol. The molecule has 1 aromatic carbocycles. The van der Waals surface area contributed by atoms with Gasteiger partial charge in [0.05, 0.1) is 0 Å². The molecule has 0 aliphatic carbocycles. The van der Waals surface area contributed by atoms with Crippen molar-refractivity contribution in [2.45, 2.75) is 39.3 Å². The molecule has 0 aliphatic heterocycles. The molecule has 0 radical (unpaired) electrons. The van der Waals surface area contributed by atoms with Crippen molar-refractivity contribution >= 4 is 0 Å². The minimum atomic E-state index is 0.523. The van der Waals surface area contributed by atoms with Crippen LogP contribution in [0, 0.1) is 0 Å². The SMILES string of the molecule is CC(CN(C)C)NCc1ccc(C(C)C)cc1. The summed E-state index contributed by atoms with van der Waals surface area (Å²) in [6.45, 7) is 8.71. The molecule has 0 aromatic heterocycles. The van der Waals surface area contributed by atoms with Crippen LogP contribution in [0.25, 0.3) is 0 Å². The molecule has 0 saturated heterocycles. The van der Waals surface area contributed by atoms with Crippen molar-refractivity contribution in [2.75, 3.05) is 20.6 Å². The predicted octanol–water partition coefficient (Wildman–Crippen LogP) is 2.85. The summed E-state index contributed by atoms with van der Waals surface area (Å²) in [5.41, 5.74) is 2.77. The normalized spacial score (nSPS) is 13.4. The fourth-order valence-electron chi connectivity index (χ4n) is 1.92. The number of hydrogen-bond acceptors (Lipinski definition) is 2. The quantitative estimate of drug-likeness (QED) is 0.814. The maximum absolute atomic E-state index is 3.54. The van der Waals surface area contributed by atoms with Crippen molar-refractivity contribution in [3.63, 3.8) is 0 Å². The Hall–Kier alpha value is -0.860. The van der Waals surface area contributed by atoms with Crippen molar-refractivity contribution < 1.29 is 0 Å². The molecule has 0 heterocycles. The lowest BCUT2D eigenvalue weighted by Gasteiger charge is -2.18. The van der Waals surface area contributed by atoms with Crippen molar-refractivity contribution in [3.8, 4) is 0 Å². The van der Waals surface area contributed by atoms with E-state index in [1.165, 1.54) is 11.1 Å². The van der Waals surface area contributed by atoms with E-state index in [0.29, 0.717) is 12.0 Å². The summed E-state index contributed by atoms with van der Waals surface area (Å²) in [6, 6.07) is 9.45. The average Bonchev–Trinajstić information content (AvgIpc) is 2.26. The lowest BCUT2D eigenvalue weighted by molar-refractivity contribution is 0.349. The van der Waals surface area contributed by atoms with Crippen LogP contribution in [0.2, 0.25) is 0 Å². The van der Waals surface area contributed by atoms with E-state index < -0.39 is 0 Å². The molecule has 1 unspecified atom stereocenters. The number of nitrogens with one attached hydrogen (secondary N) is 1. The molecule has 1 aromatic rings. The Morgan fingerprint density at radius 1 is 1.06 bits per heavy atom. The summed E-state index contributed by atoms with van der Waals surface area (Å²) in [4.78, 5) is 2.21. The van der Waals surface area contributed by atoms with Gasteiger partial charge in [-0.15, -0.1) is 0 Å². The molecule has 1 atom stereocenters. The van der Waals surface area contributed by atoms with Crippen LogP contribution in [0.3, 0.4) is 0 Å². The summed E-state index contributed by atoms with van der Waals surface area (Å²) < 4.78 is 0. The zero-order chi connectivity index (χ0) is 12.8. The first-order valence-corrected chi connectivity index (χ1v) is 6.46. The summed E-state index contributed by atoms with van der Waals surface area (Å²) in [6.07, 6.45) is 0. The molecule has 0 aliphatic rings. The molecule has 2 nitrogen and oxygen atoms in total. The lowest BCUT2D eigenvalue weighted by atomic mass is 10.0. The summed E-state index contributed by atoms with van der Waals surface area (Å²) >= 11 is 0. The zero-order valence-electron chi connectivity index (χ0n) is 11.8. The minimum Gasteiger partial charge on any atom is -0.309 e. The van der Waals surface area contributed by atoms with Gasteiger partial charge in [0.15, 0.2) is 0 Å². The van der Waals surface area contributed by atoms with E-state index in [1.54, 1.807) is 0 Å². The van der Waals surface area contributed by atoms with Crippen LogP contribution in [0.15, 0.2) is 24.3 Å². The van der Waals surface area contributed by atoms with Gasteiger partial charge in [0, 0.05) is 19.1 Å². The number of nitrogens with zero attached hydrogens (tertiary/aromatic N) is 1. The smallest absolute Gasteiger partial charge is 0.0208 e. The van der Waals surface area contributed by atoms with Crippen LogP contribution < -0.4 is 5.32 Å². The van der Waals surface area contributed by atoms with E-state index >= 15 is 0 Å². The molecule has 96 valence electrons. The van der Waals surface area contributed by atoms with Crippen molar-refractivity contribution in [2.24, 2.45) is 0 Å². The summed E-state index contributed by atoms with van der Waals surface area (Å²) in [5, 5.41) is 3.54. The number of benzene rings is 1. The monoisotopic (exact) mass is 234 g/mol. The van der Waals surface area contributed by atoms with Crippen LogP contribution >= 0.6 is 0 Å². The third kappa shape index (κ3) is 5.33. The summed E-state index contributed by atoms with van der Waals surface area (Å²) in [7, 11) is 4.21. The lowest BCUT2D eigenvalue weighted by Crippen LogP contribution is -2.35. The third-order valence-electron chi connectivity index (χ3n) is 2.94. The second kappa shape index (κ2) is 6.77. The van der Waals surface area contributed by atoms with E-state index in [1.807, 2.05) is 0 Å². The van der Waals surface area contributed by atoms with Crippen LogP contribution in [0.1, 0.15) is 37.8 Å². The van der Waals surface area contributed by atoms with Crippen LogP contribution in [0.5, 0.6) is 0 Å². The van der Waals surface area contributed by atoms with Gasteiger partial charge in [0.2, 0.25) is 0 Å². The zero-order valence-corrected chi connectivity index (χ0v) is 11.8. The van der Waals surface area contributed by atoms with Crippen LogP contribution in [-0.2, 0) is 6.54 Å². The van der Waals surface area contributed by atoms with Gasteiger partial charge in [-0.25, -0.2) is 0 Å². The fourth-order valence-corrected chi connectivity index (χ4v) is 1.92. The van der Waals surface area contributed by atoms with Gasteiger partial charge in [-0.2, -0.15) is 0 Å². The van der Waals surface area contributed by atoms with Gasteiger partial charge in [0.1, 0.15) is 0 Å². The Bertz CT molecular complexity index is 314. The Balaban J connectivity index is 2.42. The first-order chi connectivity index (χ1) is 7.99. The highest BCUT2D eigenvalue weighted by Crippen LogP contribution is 2.14. The predicted molar refractivity (Wildman–Crippen MR) is 75.4 cm³/mol. The van der Waals surface area contributed by atoms with E-state index in [-0.39, 0.29) is 0 Å². The number of hydrogen-bond donors (Lipinski definition) is 1. The molecule has 0 amide bonds. The second-order valence-corrected chi connectivity index (χ2v) is 5.44. The van der Waals surface area contributed by atoms with Gasteiger partial charge < -0.3 is 10.2 Å². The maximum Gasteiger partial charge on any atom is 0.0208 e. The highest BCUT2D eigenvalue weighted by molar-refractivity contribution is 5.24. The molecule has 1 rings (SSSR count). The van der Waals surface area contributed by atoms with Crippen LogP contribution in [-0.4, -0.2) is 31.6 Å². The van der Waals surface area contributed by atoms with Gasteiger partial charge in [-0.1, -0.05) is 38.1 Å². The van der Waals surface area contributed by atoms with E-state index in [2.05, 4.69) is 69.3 Å². The molecule has 0 bridgehead atoms. The van der Waals surface area contributed by atoms with Crippen LogP contribution in [0.4, 0.5) is 0 Å². The van der Waals surface area contributed by atoms with Crippen molar-refractivity contribution in [1.82, 2.24) is 10.2 Å². The Morgan fingerprint density at radius 2 is 1.65 bits per heavy atom. The van der Waals surface area contributed by atoms with E-state index in [9.17, 15) is 0 Å². The summed E-state index contributed by atoms with van der Waals surface area (Å²) in [5.74, 6) is 0.615. The highest BCUT2D eigenvalue weighted by atomic mass is 15.1.